The van der Waals surface area contributed by atoms with Crippen molar-refractivity contribution in [2.24, 2.45) is 0 Å². The van der Waals surface area contributed by atoms with E-state index in [2.05, 4.69) is 0 Å². The normalized spacial score (nSPS) is 4.50. The van der Waals surface area contributed by atoms with Crippen LogP contribution in [0.3, 0.4) is 0 Å². The predicted octanol–water partition coefficient (Wildman–Crippen LogP) is -2.94. The molecule has 0 amide bonds. The van der Waals surface area contributed by atoms with Crippen molar-refractivity contribution in [2.45, 2.75) is 0 Å². The first-order chi connectivity index (χ1) is 5.20. The Balaban J connectivity index is -0.0000000135. The molecule has 0 rings (SSSR count). The van der Waals surface area contributed by atoms with E-state index < -0.39 is 16.3 Å². The number of rotatable bonds is 0. The van der Waals surface area contributed by atoms with Crippen LogP contribution in [0.5, 0.6) is 0 Å². The van der Waals surface area contributed by atoms with E-state index in [4.69, 9.17) is 45.7 Å². The molecule has 11 nitrogen and oxygen atoms in total. The molecule has 0 bridgehead atoms. The second kappa shape index (κ2) is 36.1. The van der Waals surface area contributed by atoms with Gasteiger partial charge in [-0.05, 0) is 6.16 Å². The van der Waals surface area contributed by atoms with Gasteiger partial charge >= 0.3 is 89.5 Å². The summed E-state index contributed by atoms with van der Waals surface area (Å²) in [5.41, 5.74) is 0. The van der Waals surface area contributed by atoms with E-state index in [0.29, 0.717) is 0 Å². The molecule has 0 aromatic carbocycles. The van der Waals surface area contributed by atoms with Crippen molar-refractivity contribution in [1.29, 1.82) is 0 Å². The van der Waals surface area contributed by atoms with E-state index >= 15 is 0 Å². The summed E-state index contributed by atoms with van der Waals surface area (Å²) in [5.74, 6) is 0. The number of carboxylic acid groups (broad SMARTS) is 2. The summed E-state index contributed by atoms with van der Waals surface area (Å²) in [6.07, 6.45) is -2.33. The molecule has 0 radical (unpaired) electrons. The van der Waals surface area contributed by atoms with Crippen LogP contribution in [0.15, 0.2) is 0 Å². The van der Waals surface area contributed by atoms with Crippen molar-refractivity contribution >= 4 is 6.16 Å². The summed E-state index contributed by atoms with van der Waals surface area (Å²) < 4.78 is 0. The second-order valence-electron chi connectivity index (χ2n) is 0.697. The van der Waals surface area contributed by atoms with Gasteiger partial charge in [0, 0.05) is 0 Å². The molecule has 0 aromatic rings. The molecular formula is CAg4N2O9. The van der Waals surface area contributed by atoms with Crippen LogP contribution in [0.2, 0.25) is 0 Å². The Labute approximate surface area is 150 Å². The molecule has 0 spiro atoms. The van der Waals surface area contributed by atoms with Gasteiger partial charge in [0.05, 0.1) is 10.2 Å². The van der Waals surface area contributed by atoms with Crippen molar-refractivity contribution < 1.29 is 115 Å². The zero-order chi connectivity index (χ0) is 10.7. The first-order valence-corrected chi connectivity index (χ1v) is 1.71. The van der Waals surface area contributed by atoms with Gasteiger partial charge in [0.2, 0.25) is 0 Å². The van der Waals surface area contributed by atoms with Crippen molar-refractivity contribution in [1.82, 2.24) is 0 Å². The summed E-state index contributed by atoms with van der Waals surface area (Å²) in [5, 5.41) is 46.2. The zero-order valence-corrected chi connectivity index (χ0v) is 12.2. The van der Waals surface area contributed by atoms with Crippen molar-refractivity contribution in [2.75, 3.05) is 0 Å². The molecule has 0 aliphatic carbocycles. The van der Waals surface area contributed by atoms with E-state index in [-0.39, 0.29) is 89.5 Å². The van der Waals surface area contributed by atoms with Gasteiger partial charge in [-0.25, -0.2) is 0 Å². The van der Waals surface area contributed by atoms with Gasteiger partial charge in [0.15, 0.2) is 0 Å². The van der Waals surface area contributed by atoms with Gasteiger partial charge in [-0.1, -0.05) is 0 Å². The summed E-state index contributed by atoms with van der Waals surface area (Å²) in [4.78, 5) is 24.8. The molecule has 0 fully saturated rings. The van der Waals surface area contributed by atoms with Crippen LogP contribution in [-0.2, 0) is 89.5 Å². The summed E-state index contributed by atoms with van der Waals surface area (Å²) in [7, 11) is 0. The standard InChI is InChI=1S/CH2O3.4Ag.2NO3/c2-1(3)4;;;;;2*2-1(3)4/h(H2,2,3,4);;;;;;/q;4*+1;2*-1/p-2. The molecule has 0 saturated heterocycles. The fraction of sp³-hybridized carbons (Fsp3) is 0. The second-order valence-corrected chi connectivity index (χ2v) is 0.697. The van der Waals surface area contributed by atoms with Crippen LogP contribution < -0.4 is 10.2 Å². The smallest absolute Gasteiger partial charge is 0.652 e. The van der Waals surface area contributed by atoms with Crippen LogP contribution >= 0.6 is 0 Å². The van der Waals surface area contributed by atoms with Crippen LogP contribution in [-0.4, -0.2) is 16.3 Å². The summed E-state index contributed by atoms with van der Waals surface area (Å²) in [6.45, 7) is 0. The van der Waals surface area contributed by atoms with Gasteiger partial charge in [0.25, 0.3) is 0 Å². The molecule has 112 valence electrons. The van der Waals surface area contributed by atoms with E-state index in [0.717, 1.165) is 0 Å². The van der Waals surface area contributed by atoms with Gasteiger partial charge in [0.1, 0.15) is 0 Å². The minimum absolute atomic E-state index is 0. The number of nitrogens with zero attached hydrogens (tertiary/aromatic N) is 2. The van der Waals surface area contributed by atoms with Gasteiger partial charge in [-0.3, -0.25) is 0 Å². The first-order valence-electron chi connectivity index (χ1n) is 1.71. The third kappa shape index (κ3) is 6830. The van der Waals surface area contributed by atoms with Crippen LogP contribution in [0.25, 0.3) is 0 Å². The zero-order valence-electron chi connectivity index (χ0n) is 6.27. The molecule has 0 heterocycles. The van der Waals surface area contributed by atoms with E-state index in [1.807, 2.05) is 0 Å². The monoisotopic (exact) mass is 612 g/mol. The van der Waals surface area contributed by atoms with Crippen LogP contribution in [0.4, 0.5) is 4.79 Å². The van der Waals surface area contributed by atoms with Crippen molar-refractivity contribution in [3.8, 4) is 0 Å². The number of hydrogen-bond donors (Lipinski definition) is 0. The first kappa shape index (κ1) is 43.8. The topological polar surface area (TPSA) is 196 Å². The molecule has 0 aliphatic rings. The molecule has 16 heavy (non-hydrogen) atoms. The largest absolute Gasteiger partial charge is 1.00 e. The molecule has 0 unspecified atom stereocenters. The fourth-order valence-electron chi connectivity index (χ4n) is 0. The Morgan fingerprint density at radius 3 is 0.688 bits per heavy atom. The number of carbonyl (C=O) groups is 1. The Morgan fingerprint density at radius 1 is 0.688 bits per heavy atom. The number of carbonyl (C=O) groups excluding carboxylic acids is 1. The molecular weight excluding hydrogens is 615 g/mol. The maximum Gasteiger partial charge on any atom is 1.00 e. The SMILES string of the molecule is O=C([O-])[O-].O=[N+]([O-])[O-].O=[N+]([O-])[O-].[Ag+].[Ag+].[Ag+].[Ag+]. The fourth-order valence-corrected chi connectivity index (χ4v) is 0. The molecule has 0 saturated carbocycles. The predicted molar refractivity (Wildman–Crippen MR) is 26.1 cm³/mol. The molecule has 15 heteroatoms. The third-order valence-electron chi connectivity index (χ3n) is 0. The minimum Gasteiger partial charge on any atom is -0.652 e. The van der Waals surface area contributed by atoms with E-state index in [1.165, 1.54) is 0 Å². The molecule has 0 N–H and O–H groups in total. The third-order valence-corrected chi connectivity index (χ3v) is 0. The van der Waals surface area contributed by atoms with Crippen LogP contribution in [0, 0.1) is 30.6 Å². The quantitative estimate of drug-likeness (QED) is 0.156. The van der Waals surface area contributed by atoms with Crippen molar-refractivity contribution in [3.63, 3.8) is 0 Å². The maximum absolute atomic E-state index is 8.33. The Hall–Kier alpha value is 0.631. The Morgan fingerprint density at radius 2 is 0.688 bits per heavy atom. The molecule has 0 aliphatic heterocycles. The minimum atomic E-state index is -2.33. The summed E-state index contributed by atoms with van der Waals surface area (Å²) in [6, 6.07) is 0. The average Bonchev–Trinajstić information content (AvgIpc) is 1.54. The van der Waals surface area contributed by atoms with Gasteiger partial charge in [-0.15, -0.1) is 0 Å². The Bertz CT molecular complexity index is 123. The average molecular weight is 615 g/mol. The maximum atomic E-state index is 8.33. The molecule has 0 aromatic heterocycles. The molecule has 0 atom stereocenters. The number of hydrogen-bond acceptors (Lipinski definition) is 9. The van der Waals surface area contributed by atoms with Crippen molar-refractivity contribution in [3.05, 3.63) is 30.6 Å². The van der Waals surface area contributed by atoms with Gasteiger partial charge in [-0.2, -0.15) is 0 Å². The van der Waals surface area contributed by atoms with E-state index in [9.17, 15) is 0 Å². The van der Waals surface area contributed by atoms with Crippen LogP contribution in [0.1, 0.15) is 0 Å². The Kier molecular flexibility index (Phi) is 98.8. The van der Waals surface area contributed by atoms with E-state index in [1.54, 1.807) is 0 Å². The van der Waals surface area contributed by atoms with Gasteiger partial charge < -0.3 is 45.7 Å². The summed E-state index contributed by atoms with van der Waals surface area (Å²) >= 11 is 0.